The minimum absolute atomic E-state index is 0.155. The molecule has 0 heterocycles. The van der Waals surface area contributed by atoms with Crippen molar-refractivity contribution in [2.75, 3.05) is 6.61 Å². The molecule has 0 aliphatic heterocycles. The molecule has 0 rings (SSSR count). The summed E-state index contributed by atoms with van der Waals surface area (Å²) in [4.78, 5) is 0. The summed E-state index contributed by atoms with van der Waals surface area (Å²) in [5.74, 6) is 0.560. The third-order valence-electron chi connectivity index (χ3n) is 2.74. The summed E-state index contributed by atoms with van der Waals surface area (Å²) < 4.78 is 0. The van der Waals surface area contributed by atoms with Crippen molar-refractivity contribution in [3.05, 3.63) is 34.9 Å². The van der Waals surface area contributed by atoms with Gasteiger partial charge in [-0.2, -0.15) is 0 Å². The van der Waals surface area contributed by atoms with E-state index in [-0.39, 0.29) is 6.61 Å². The fourth-order valence-corrected chi connectivity index (χ4v) is 1.96. The van der Waals surface area contributed by atoms with Crippen molar-refractivity contribution in [2.45, 2.75) is 53.9 Å². The zero-order valence-electron chi connectivity index (χ0n) is 12.1. The monoisotopic (exact) mass is 236 g/mol. The number of hydrogen-bond donors (Lipinski definition) is 1. The van der Waals surface area contributed by atoms with Crippen molar-refractivity contribution in [3.8, 4) is 0 Å². The Morgan fingerprint density at radius 1 is 1.06 bits per heavy atom. The van der Waals surface area contributed by atoms with Gasteiger partial charge in [0.25, 0.3) is 0 Å². The highest BCUT2D eigenvalue weighted by Crippen LogP contribution is 2.16. The lowest BCUT2D eigenvalue weighted by Gasteiger charge is -2.08. The fourth-order valence-electron chi connectivity index (χ4n) is 1.96. The van der Waals surface area contributed by atoms with Crippen LogP contribution in [-0.2, 0) is 0 Å². The van der Waals surface area contributed by atoms with E-state index in [1.165, 1.54) is 16.7 Å². The van der Waals surface area contributed by atoms with Crippen molar-refractivity contribution in [3.63, 3.8) is 0 Å². The SMILES string of the molecule is CC(C)=CCC/C(C)=C/[C@H](C)C/C(C)=C/CO. The Morgan fingerprint density at radius 3 is 2.24 bits per heavy atom. The topological polar surface area (TPSA) is 20.2 Å². The number of aliphatic hydroxyl groups is 1. The average molecular weight is 236 g/mol. The summed E-state index contributed by atoms with van der Waals surface area (Å²) in [6.07, 6.45) is 9.87. The lowest BCUT2D eigenvalue weighted by Crippen LogP contribution is -1.94. The first-order valence-electron chi connectivity index (χ1n) is 6.52. The van der Waals surface area contributed by atoms with Gasteiger partial charge in [-0.25, -0.2) is 0 Å². The van der Waals surface area contributed by atoms with Gasteiger partial charge < -0.3 is 5.11 Å². The third kappa shape index (κ3) is 10.1. The zero-order chi connectivity index (χ0) is 13.3. The summed E-state index contributed by atoms with van der Waals surface area (Å²) in [5, 5.41) is 8.80. The number of hydrogen-bond acceptors (Lipinski definition) is 1. The van der Waals surface area contributed by atoms with E-state index in [9.17, 15) is 0 Å². The van der Waals surface area contributed by atoms with Gasteiger partial charge >= 0.3 is 0 Å². The molecule has 1 nitrogen and oxygen atoms in total. The van der Waals surface area contributed by atoms with Crippen LogP contribution < -0.4 is 0 Å². The molecule has 0 fully saturated rings. The third-order valence-corrected chi connectivity index (χ3v) is 2.74. The largest absolute Gasteiger partial charge is 0.392 e. The maximum Gasteiger partial charge on any atom is 0.0614 e. The van der Waals surface area contributed by atoms with Gasteiger partial charge in [0, 0.05) is 0 Å². The molecule has 0 aliphatic rings. The van der Waals surface area contributed by atoms with E-state index in [1.807, 2.05) is 6.08 Å². The molecule has 0 amide bonds. The Hall–Kier alpha value is -0.820. The second kappa shape index (κ2) is 9.23. The van der Waals surface area contributed by atoms with Crippen LogP contribution in [0.25, 0.3) is 0 Å². The molecule has 0 bridgehead atoms. The molecule has 0 saturated heterocycles. The first-order valence-corrected chi connectivity index (χ1v) is 6.52. The molecule has 0 aromatic heterocycles. The molecule has 98 valence electrons. The van der Waals surface area contributed by atoms with Crippen LogP contribution in [0.2, 0.25) is 0 Å². The average Bonchev–Trinajstić information content (AvgIpc) is 2.16. The molecule has 1 heteroatoms. The Kier molecular flexibility index (Phi) is 8.79. The van der Waals surface area contributed by atoms with Gasteiger partial charge in [0.2, 0.25) is 0 Å². The van der Waals surface area contributed by atoms with E-state index in [4.69, 9.17) is 5.11 Å². The van der Waals surface area contributed by atoms with Gasteiger partial charge in [0.15, 0.2) is 0 Å². The minimum Gasteiger partial charge on any atom is -0.392 e. The minimum atomic E-state index is 0.155. The lowest BCUT2D eigenvalue weighted by atomic mass is 9.98. The molecule has 0 aromatic rings. The van der Waals surface area contributed by atoms with Crippen LogP contribution >= 0.6 is 0 Å². The normalized spacial score (nSPS) is 14.7. The number of rotatable bonds is 7. The predicted octanol–water partition coefficient (Wildman–Crippen LogP) is 4.64. The van der Waals surface area contributed by atoms with Gasteiger partial charge in [0.1, 0.15) is 0 Å². The van der Waals surface area contributed by atoms with Crippen LogP contribution in [0.4, 0.5) is 0 Å². The molecular formula is C16H28O. The molecule has 0 aliphatic carbocycles. The summed E-state index contributed by atoms with van der Waals surface area (Å²) in [7, 11) is 0. The van der Waals surface area contributed by atoms with Crippen LogP contribution in [-0.4, -0.2) is 11.7 Å². The molecule has 0 saturated carbocycles. The molecular weight excluding hydrogens is 208 g/mol. The maximum atomic E-state index is 8.80. The van der Waals surface area contributed by atoms with Crippen molar-refractivity contribution in [1.29, 1.82) is 0 Å². The van der Waals surface area contributed by atoms with Gasteiger partial charge in [-0.05, 0) is 52.9 Å². The van der Waals surface area contributed by atoms with Crippen LogP contribution in [0, 0.1) is 5.92 Å². The quantitative estimate of drug-likeness (QED) is 0.638. The first-order chi connectivity index (χ1) is 7.95. The molecule has 0 spiro atoms. The highest BCUT2D eigenvalue weighted by atomic mass is 16.2. The molecule has 0 unspecified atom stereocenters. The van der Waals surface area contributed by atoms with Crippen LogP contribution in [0.5, 0.6) is 0 Å². The Balaban J connectivity index is 4.10. The second-order valence-electron chi connectivity index (χ2n) is 5.25. The van der Waals surface area contributed by atoms with E-state index in [0.29, 0.717) is 5.92 Å². The van der Waals surface area contributed by atoms with E-state index in [1.54, 1.807) is 0 Å². The van der Waals surface area contributed by atoms with Crippen LogP contribution in [0.15, 0.2) is 34.9 Å². The van der Waals surface area contributed by atoms with Crippen LogP contribution in [0.3, 0.4) is 0 Å². The Bertz CT molecular complexity index is 291. The highest BCUT2D eigenvalue weighted by Gasteiger charge is 2.00. The van der Waals surface area contributed by atoms with E-state index >= 15 is 0 Å². The summed E-state index contributed by atoms with van der Waals surface area (Å²) >= 11 is 0. The van der Waals surface area contributed by atoms with Gasteiger partial charge in [-0.15, -0.1) is 0 Å². The number of allylic oxidation sites excluding steroid dienone is 5. The fraction of sp³-hybridized carbons (Fsp3) is 0.625. The molecule has 0 radical (unpaired) electrons. The van der Waals surface area contributed by atoms with E-state index < -0.39 is 0 Å². The van der Waals surface area contributed by atoms with E-state index in [2.05, 4.69) is 46.8 Å². The lowest BCUT2D eigenvalue weighted by molar-refractivity contribution is 0.341. The van der Waals surface area contributed by atoms with Crippen molar-refractivity contribution in [2.24, 2.45) is 5.92 Å². The Morgan fingerprint density at radius 2 is 1.71 bits per heavy atom. The smallest absolute Gasteiger partial charge is 0.0614 e. The van der Waals surface area contributed by atoms with Crippen LogP contribution in [0.1, 0.15) is 53.9 Å². The second-order valence-corrected chi connectivity index (χ2v) is 5.25. The number of aliphatic hydroxyl groups excluding tert-OH is 1. The predicted molar refractivity (Wildman–Crippen MR) is 77.0 cm³/mol. The maximum absolute atomic E-state index is 8.80. The van der Waals surface area contributed by atoms with Crippen molar-refractivity contribution >= 4 is 0 Å². The summed E-state index contributed by atoms with van der Waals surface area (Å²) in [6, 6.07) is 0. The molecule has 1 atom stereocenters. The highest BCUT2D eigenvalue weighted by molar-refractivity contribution is 5.07. The summed E-state index contributed by atoms with van der Waals surface area (Å²) in [5.41, 5.74) is 4.13. The molecule has 0 aromatic carbocycles. The first kappa shape index (κ1) is 16.2. The van der Waals surface area contributed by atoms with Gasteiger partial charge in [0.05, 0.1) is 6.61 Å². The zero-order valence-corrected chi connectivity index (χ0v) is 12.1. The molecule has 17 heavy (non-hydrogen) atoms. The summed E-state index contributed by atoms with van der Waals surface area (Å²) in [6.45, 7) is 11.0. The molecule has 1 N–H and O–H groups in total. The van der Waals surface area contributed by atoms with Crippen molar-refractivity contribution in [1.82, 2.24) is 0 Å². The standard InChI is InChI=1S/C16H28O/c1-13(2)7-6-8-14(3)11-16(5)12-15(4)9-10-17/h7,9,11,16-17H,6,8,10,12H2,1-5H3/b14-11+,15-9+/t16-/m0/s1. The van der Waals surface area contributed by atoms with Gasteiger partial charge in [-0.3, -0.25) is 0 Å². The van der Waals surface area contributed by atoms with E-state index in [0.717, 1.165) is 19.3 Å². The van der Waals surface area contributed by atoms with Gasteiger partial charge in [-0.1, -0.05) is 41.9 Å². The van der Waals surface area contributed by atoms with Crippen molar-refractivity contribution < 1.29 is 5.11 Å². The Labute approximate surface area is 107 Å².